The predicted molar refractivity (Wildman–Crippen MR) is 180 cm³/mol. The lowest BCUT2D eigenvalue weighted by Crippen LogP contribution is -2.64. The Labute approximate surface area is 283 Å². The Balaban J connectivity index is 1.01. The summed E-state index contributed by atoms with van der Waals surface area (Å²) in [5.74, 6) is 1.67. The number of ether oxygens (including phenoxy) is 3. The maximum Gasteiger partial charge on any atom is 0.410 e. The van der Waals surface area contributed by atoms with E-state index in [-0.39, 0.29) is 51.5 Å². The van der Waals surface area contributed by atoms with Crippen LogP contribution in [0.3, 0.4) is 0 Å². The van der Waals surface area contributed by atoms with Crippen molar-refractivity contribution < 1.29 is 29.2 Å². The first-order valence-electron chi connectivity index (χ1n) is 19.4. The highest BCUT2D eigenvalue weighted by molar-refractivity contribution is 5.69. The zero-order valence-corrected chi connectivity index (χ0v) is 30.6. The van der Waals surface area contributed by atoms with Gasteiger partial charge in [0.15, 0.2) is 0 Å². The van der Waals surface area contributed by atoms with E-state index in [0.717, 1.165) is 51.6 Å². The number of rotatable bonds is 6. The largest absolute Gasteiger partial charge is 0.446 e. The van der Waals surface area contributed by atoms with Crippen molar-refractivity contribution in [1.29, 1.82) is 0 Å². The molecule has 0 bridgehead atoms. The molecule has 0 aromatic heterocycles. The van der Waals surface area contributed by atoms with Gasteiger partial charge in [0.25, 0.3) is 0 Å². The molecule has 8 heteroatoms. The summed E-state index contributed by atoms with van der Waals surface area (Å²) in [5, 5.41) is 23.6. The molecule has 8 rings (SSSR count). The fraction of sp³-hybridized carbons (Fsp3) is 0.974. The molecule has 2 N–H and O–H groups in total. The summed E-state index contributed by atoms with van der Waals surface area (Å²) in [5.41, 5.74) is -0.772. The summed E-state index contributed by atoms with van der Waals surface area (Å²) >= 11 is 0. The lowest BCUT2D eigenvalue weighted by atomic mass is 9.41. The van der Waals surface area contributed by atoms with Crippen LogP contribution in [0.15, 0.2) is 0 Å². The van der Waals surface area contributed by atoms with Gasteiger partial charge in [-0.25, -0.2) is 4.79 Å². The summed E-state index contributed by atoms with van der Waals surface area (Å²) in [6, 6.07) is 0.528. The molecule has 3 aliphatic heterocycles. The number of carbonyl (C=O) groups excluding carboxylic acids is 1. The van der Waals surface area contributed by atoms with Gasteiger partial charge >= 0.3 is 6.09 Å². The van der Waals surface area contributed by atoms with Crippen LogP contribution in [-0.2, 0) is 14.2 Å². The number of aliphatic hydroxyl groups is 2. The number of likely N-dealkylation sites (tertiary alicyclic amines) is 2. The molecule has 5 saturated carbocycles. The Morgan fingerprint density at radius 1 is 1.02 bits per heavy atom. The van der Waals surface area contributed by atoms with Crippen molar-refractivity contribution in [3.8, 4) is 0 Å². The zero-order chi connectivity index (χ0) is 33.5. The minimum Gasteiger partial charge on any atom is -0.446 e. The highest BCUT2D eigenvalue weighted by Crippen LogP contribution is 2.89. The maximum atomic E-state index is 13.3. The highest BCUT2D eigenvalue weighted by atomic mass is 16.6. The molecule has 8 aliphatic rings. The van der Waals surface area contributed by atoms with Crippen LogP contribution in [0.2, 0.25) is 0 Å². The van der Waals surface area contributed by atoms with Crippen LogP contribution in [-0.4, -0.2) is 101 Å². The van der Waals surface area contributed by atoms with Crippen LogP contribution in [0.4, 0.5) is 4.79 Å². The van der Waals surface area contributed by atoms with E-state index in [1.807, 2.05) is 25.7 Å². The van der Waals surface area contributed by atoms with Gasteiger partial charge < -0.3 is 29.3 Å². The van der Waals surface area contributed by atoms with Crippen molar-refractivity contribution in [3.05, 3.63) is 0 Å². The van der Waals surface area contributed by atoms with E-state index in [1.165, 1.54) is 32.4 Å². The van der Waals surface area contributed by atoms with Crippen LogP contribution in [0.25, 0.3) is 0 Å². The van der Waals surface area contributed by atoms with E-state index >= 15 is 0 Å². The third-order valence-corrected chi connectivity index (χ3v) is 16.9. The highest BCUT2D eigenvalue weighted by Gasteiger charge is 2.85. The number of amides is 1. The van der Waals surface area contributed by atoms with Gasteiger partial charge in [-0.3, -0.25) is 4.90 Å². The average molecular weight is 657 g/mol. The fourth-order valence-corrected chi connectivity index (χ4v) is 14.4. The quantitative estimate of drug-likeness (QED) is 0.370. The van der Waals surface area contributed by atoms with Crippen molar-refractivity contribution in [2.75, 3.05) is 32.8 Å². The summed E-state index contributed by atoms with van der Waals surface area (Å²) in [7, 11) is 0. The number of nitrogens with zero attached hydrogens (tertiary/aromatic N) is 2. The van der Waals surface area contributed by atoms with Crippen LogP contribution in [0.1, 0.15) is 113 Å². The second-order valence-corrected chi connectivity index (χ2v) is 19.4. The van der Waals surface area contributed by atoms with E-state index in [2.05, 4.69) is 39.5 Å². The molecule has 3 heterocycles. The number of hydrogen-bond acceptors (Lipinski definition) is 7. The molecule has 0 aromatic rings. The Bertz CT molecular complexity index is 1260. The van der Waals surface area contributed by atoms with E-state index < -0.39 is 17.8 Å². The number of hydrogen-bond donors (Lipinski definition) is 2. The maximum absolute atomic E-state index is 13.3. The van der Waals surface area contributed by atoms with Crippen molar-refractivity contribution in [2.45, 2.75) is 155 Å². The first kappa shape index (κ1) is 33.2. The third kappa shape index (κ3) is 4.26. The van der Waals surface area contributed by atoms with E-state index in [9.17, 15) is 15.0 Å². The lowest BCUT2D eigenvalue weighted by molar-refractivity contribution is -0.215. The van der Waals surface area contributed by atoms with Gasteiger partial charge in [-0.2, -0.15) is 0 Å². The number of fused-ring (bicyclic) bond motifs is 4. The summed E-state index contributed by atoms with van der Waals surface area (Å²) < 4.78 is 19.5. The van der Waals surface area contributed by atoms with Gasteiger partial charge in [-0.05, 0) is 132 Å². The molecule has 8 nitrogen and oxygen atoms in total. The predicted octanol–water partition coefficient (Wildman–Crippen LogP) is 5.87. The minimum absolute atomic E-state index is 0.00275. The molecule has 0 unspecified atom stereocenters. The van der Waals surface area contributed by atoms with Gasteiger partial charge in [-0.15, -0.1) is 0 Å². The molecular formula is C39H64N2O6. The second kappa shape index (κ2) is 10.6. The molecule has 13 atom stereocenters. The van der Waals surface area contributed by atoms with E-state index in [0.29, 0.717) is 36.3 Å². The fourth-order valence-electron chi connectivity index (χ4n) is 14.4. The van der Waals surface area contributed by atoms with Crippen LogP contribution in [0, 0.1) is 50.7 Å². The van der Waals surface area contributed by atoms with Gasteiger partial charge in [0, 0.05) is 36.6 Å². The normalized spacial score (nSPS) is 50.9. The molecule has 5 aliphatic carbocycles. The monoisotopic (exact) mass is 656 g/mol. The van der Waals surface area contributed by atoms with Crippen molar-refractivity contribution >= 4 is 6.09 Å². The van der Waals surface area contributed by atoms with Crippen LogP contribution < -0.4 is 0 Å². The molecule has 47 heavy (non-hydrogen) atoms. The summed E-state index contributed by atoms with van der Waals surface area (Å²) in [4.78, 5) is 17.7. The first-order chi connectivity index (χ1) is 22.0. The topological polar surface area (TPSA) is 91.7 Å². The average Bonchev–Trinajstić information content (AvgIpc) is 3.58. The van der Waals surface area contributed by atoms with Gasteiger partial charge in [0.05, 0.1) is 23.9 Å². The molecule has 8 fully saturated rings. The third-order valence-electron chi connectivity index (χ3n) is 16.9. The second-order valence-electron chi connectivity index (χ2n) is 19.4. The molecule has 3 saturated heterocycles. The molecular weight excluding hydrogens is 592 g/mol. The van der Waals surface area contributed by atoms with E-state index in [1.54, 1.807) is 0 Å². The molecule has 1 amide bonds. The minimum atomic E-state index is -1.02. The Morgan fingerprint density at radius 2 is 1.70 bits per heavy atom. The van der Waals surface area contributed by atoms with Crippen LogP contribution in [0.5, 0.6) is 0 Å². The summed E-state index contributed by atoms with van der Waals surface area (Å²) in [6.45, 7) is 22.2. The standard InChI is InChI=1S/C39H64N2O6/c1-9-45-32(35(5,6)44)25-19-23(2)29-30(46-25)31(42)37(8)27-12-11-26-34(3,4)28(47-33(43)41-20-24(21-41)40-17-10-18-40)13-14-38(26)22-39(27,38)16-15-36(29,37)7/h23-32,42,44H,9-22H2,1-8H3/t23-,25-,26+,27+,28+,29+,30+,31+,32+,36-,37-,38-,39+/m1/s1. The van der Waals surface area contributed by atoms with Crippen molar-refractivity contribution in [2.24, 2.45) is 50.7 Å². The molecule has 0 radical (unpaired) electrons. The molecule has 266 valence electrons. The first-order valence-corrected chi connectivity index (χ1v) is 19.4. The smallest absolute Gasteiger partial charge is 0.410 e. The molecule has 0 aromatic carbocycles. The number of carbonyl (C=O) groups is 1. The Morgan fingerprint density at radius 3 is 2.34 bits per heavy atom. The van der Waals surface area contributed by atoms with Crippen LogP contribution >= 0.6 is 0 Å². The lowest BCUT2D eigenvalue weighted by Gasteiger charge is -2.63. The van der Waals surface area contributed by atoms with Gasteiger partial charge in [-0.1, -0.05) is 34.6 Å². The summed E-state index contributed by atoms with van der Waals surface area (Å²) in [6.07, 6.45) is 8.57. The Hall–Kier alpha value is -0.930. The van der Waals surface area contributed by atoms with Crippen molar-refractivity contribution in [3.63, 3.8) is 0 Å². The SMILES string of the molecule is CCO[C@@H]([C@H]1C[C@@H](C)[C@H]2[C@H](O1)[C@H](O)[C@@]1(C)[C@@H]3CC[C@H]4C(C)(C)[C@@H](OC(=O)N5CC(N6CCC6)C5)CC[C@@]45C[C@@]35CC[C@]21C)C(C)(C)O. The van der Waals surface area contributed by atoms with Gasteiger partial charge in [0.2, 0.25) is 0 Å². The van der Waals surface area contributed by atoms with Gasteiger partial charge in [0.1, 0.15) is 12.2 Å². The zero-order valence-electron chi connectivity index (χ0n) is 30.6. The Kier molecular flexibility index (Phi) is 7.46. The van der Waals surface area contributed by atoms with E-state index in [4.69, 9.17) is 14.2 Å². The van der Waals surface area contributed by atoms with Crippen molar-refractivity contribution in [1.82, 2.24) is 9.80 Å². The number of aliphatic hydroxyl groups excluding tert-OH is 1. The molecule has 2 spiro atoms.